The number of hydrogen-bond donors (Lipinski definition) is 4. The number of nitrogens with one attached hydrogen (secondary N) is 1. The number of nitrogens with zero attached hydrogens (tertiary/aromatic N) is 3. The van der Waals surface area contributed by atoms with E-state index in [9.17, 15) is 39.3 Å². The third-order valence-corrected chi connectivity index (χ3v) is 13.6. The Bertz CT molecular complexity index is 2280. The van der Waals surface area contributed by atoms with Gasteiger partial charge in [0.05, 0.1) is 29.5 Å². The molecule has 2 aromatic rings. The first-order chi connectivity index (χ1) is 30.1. The van der Waals surface area contributed by atoms with Crippen molar-refractivity contribution in [2.24, 2.45) is 27.8 Å². The van der Waals surface area contributed by atoms with Crippen LogP contribution in [0.15, 0.2) is 70.9 Å². The quantitative estimate of drug-likeness (QED) is 0.0526. The summed E-state index contributed by atoms with van der Waals surface area (Å²) in [6, 6.07) is 12.4. The number of Topliss-reactive ketones (excluding diaryl/α,β-unsaturated/α-hetero) is 1. The minimum Gasteiger partial charge on any atom is -0.461 e. The van der Waals surface area contributed by atoms with E-state index in [0.717, 1.165) is 6.92 Å². The fraction of sp³-hybridized carbons (Fsp3) is 0.565. The normalized spacial score (nSPS) is 31.2. The van der Waals surface area contributed by atoms with E-state index in [1.807, 2.05) is 13.8 Å². The lowest BCUT2D eigenvalue weighted by Crippen LogP contribution is -2.82. The van der Waals surface area contributed by atoms with E-state index in [0.29, 0.717) is 5.56 Å². The van der Waals surface area contributed by atoms with Crippen molar-refractivity contribution >= 4 is 41.3 Å². The number of benzene rings is 2. The predicted octanol–water partition coefficient (Wildman–Crippen LogP) is 4.80. The first-order valence-electron chi connectivity index (χ1n) is 21.3. The lowest BCUT2D eigenvalue weighted by atomic mass is 9.44. The summed E-state index contributed by atoms with van der Waals surface area (Å²) in [6.45, 7) is 11.9. The summed E-state index contributed by atoms with van der Waals surface area (Å²) in [4.78, 5) is 86.2. The van der Waals surface area contributed by atoms with Crippen molar-refractivity contribution in [2.75, 3.05) is 6.61 Å². The Morgan fingerprint density at radius 2 is 1.72 bits per heavy atom. The molecule has 1 heterocycles. The lowest BCUT2D eigenvalue weighted by molar-refractivity contribution is -0.346. The molecule has 1 amide bonds. The van der Waals surface area contributed by atoms with Gasteiger partial charge in [-0.05, 0) is 54.1 Å². The molecule has 0 aromatic heterocycles. The van der Waals surface area contributed by atoms with Gasteiger partial charge in [-0.15, -0.1) is 0 Å². The first-order valence-corrected chi connectivity index (χ1v) is 21.3. The van der Waals surface area contributed by atoms with Crippen molar-refractivity contribution in [3.63, 3.8) is 0 Å². The zero-order valence-corrected chi connectivity index (χ0v) is 37.1. The Labute approximate surface area is 370 Å². The highest BCUT2D eigenvalue weighted by atomic mass is 16.6. The number of fused-ring (bicyclic) bond motifs is 5. The van der Waals surface area contributed by atoms with Gasteiger partial charge in [-0.1, -0.05) is 82.2 Å². The molecule has 0 radical (unpaired) electrons. The number of esters is 4. The van der Waals surface area contributed by atoms with Crippen LogP contribution in [0, 0.1) is 22.7 Å². The number of carbonyl (C=O) groups is 6. The molecule has 2 bridgehead atoms. The maximum Gasteiger partial charge on any atom is 0.338 e. The molecule has 2 saturated carbocycles. The average molecular weight is 889 g/mol. The number of carbonyl (C=O) groups excluding carboxylic acids is 6. The molecule has 344 valence electrons. The van der Waals surface area contributed by atoms with Crippen LogP contribution in [0.3, 0.4) is 0 Å². The third kappa shape index (κ3) is 8.29. The van der Waals surface area contributed by atoms with Gasteiger partial charge in [0, 0.05) is 48.6 Å². The van der Waals surface area contributed by atoms with Crippen LogP contribution in [0.2, 0.25) is 0 Å². The van der Waals surface area contributed by atoms with Crippen molar-refractivity contribution in [3.8, 4) is 0 Å². The molecule has 4 N–H and O–H groups in total. The highest BCUT2D eigenvalue weighted by Crippen LogP contribution is 2.64. The maximum atomic E-state index is 15.4. The molecule has 4 aliphatic rings. The molecular formula is C46H56N4O14. The van der Waals surface area contributed by atoms with E-state index in [-0.39, 0.29) is 54.2 Å². The second-order valence-electron chi connectivity index (χ2n) is 18.3. The van der Waals surface area contributed by atoms with Crippen molar-refractivity contribution in [1.29, 1.82) is 0 Å². The van der Waals surface area contributed by atoms with Crippen LogP contribution in [0.1, 0.15) is 103 Å². The van der Waals surface area contributed by atoms with Gasteiger partial charge < -0.3 is 44.3 Å². The largest absolute Gasteiger partial charge is 0.461 e. The van der Waals surface area contributed by atoms with Gasteiger partial charge in [-0.25, -0.2) is 9.59 Å². The number of azide groups is 1. The van der Waals surface area contributed by atoms with Crippen LogP contribution in [-0.2, 0) is 47.7 Å². The van der Waals surface area contributed by atoms with E-state index in [1.54, 1.807) is 37.3 Å². The number of rotatable bonds is 13. The molecule has 1 aliphatic heterocycles. The molecule has 0 unspecified atom stereocenters. The summed E-state index contributed by atoms with van der Waals surface area (Å²) in [5.41, 5.74) is 1.33. The summed E-state index contributed by atoms with van der Waals surface area (Å²) >= 11 is 0. The number of ether oxygens (including phenoxy) is 5. The van der Waals surface area contributed by atoms with E-state index in [2.05, 4.69) is 15.3 Å². The Morgan fingerprint density at radius 3 is 2.31 bits per heavy atom. The predicted molar refractivity (Wildman–Crippen MR) is 225 cm³/mol. The SMILES string of the molecule is CCC(=O)O[C@H]1C[C@H]2OC[C@@]2(OC(C)=O)[C@H]2[C@H](OC(=O)c3cccc(N=[N+]=[N-])c3)[C@]3(O)C[C@H](OC(=O)[C@H](O)[C@@H](NC(=O)CC(C)C)c4ccccc4)C(C)=C([C@@H](O)C(=O)[C@]12C)C3(C)C. The topological polar surface area (TPSA) is 270 Å². The van der Waals surface area contributed by atoms with Crippen molar-refractivity contribution < 1.29 is 67.8 Å². The minimum absolute atomic E-state index is 0.0445. The Kier molecular flexibility index (Phi) is 13.5. The second-order valence-corrected chi connectivity index (χ2v) is 18.3. The van der Waals surface area contributed by atoms with E-state index in [1.165, 1.54) is 52.0 Å². The van der Waals surface area contributed by atoms with Gasteiger partial charge in [-0.2, -0.15) is 0 Å². The van der Waals surface area contributed by atoms with Gasteiger partial charge in [0.25, 0.3) is 0 Å². The third-order valence-electron chi connectivity index (χ3n) is 13.6. The zero-order valence-electron chi connectivity index (χ0n) is 37.1. The maximum absolute atomic E-state index is 15.4. The van der Waals surface area contributed by atoms with Crippen molar-refractivity contribution in [3.05, 3.63) is 87.3 Å². The molecule has 18 nitrogen and oxygen atoms in total. The second kappa shape index (κ2) is 18.1. The molecule has 3 aliphatic carbocycles. The van der Waals surface area contributed by atoms with Crippen LogP contribution in [0.25, 0.3) is 10.4 Å². The van der Waals surface area contributed by atoms with E-state index in [4.69, 9.17) is 29.2 Å². The molecule has 2 aromatic carbocycles. The molecule has 18 heteroatoms. The monoisotopic (exact) mass is 888 g/mol. The van der Waals surface area contributed by atoms with Crippen LogP contribution in [-0.4, -0.2) is 105 Å². The number of amides is 1. The van der Waals surface area contributed by atoms with Crippen LogP contribution in [0.4, 0.5) is 5.69 Å². The van der Waals surface area contributed by atoms with Gasteiger partial charge in [0.2, 0.25) is 5.91 Å². The number of aliphatic hydroxyl groups excluding tert-OH is 2. The van der Waals surface area contributed by atoms with Crippen molar-refractivity contribution in [1.82, 2.24) is 5.32 Å². The smallest absolute Gasteiger partial charge is 0.338 e. The van der Waals surface area contributed by atoms with Gasteiger partial charge in [0.15, 0.2) is 17.5 Å². The molecule has 1 saturated heterocycles. The van der Waals surface area contributed by atoms with Gasteiger partial charge in [0.1, 0.15) is 36.1 Å². The zero-order chi connectivity index (χ0) is 47.1. The summed E-state index contributed by atoms with van der Waals surface area (Å²) < 4.78 is 30.5. The highest BCUT2D eigenvalue weighted by Gasteiger charge is 2.78. The fourth-order valence-corrected chi connectivity index (χ4v) is 10.3. The molecule has 64 heavy (non-hydrogen) atoms. The summed E-state index contributed by atoms with van der Waals surface area (Å²) in [7, 11) is 0. The van der Waals surface area contributed by atoms with E-state index < -0.39 is 113 Å². The Balaban J connectivity index is 1.55. The highest BCUT2D eigenvalue weighted by molar-refractivity contribution is 5.94. The number of aliphatic hydroxyl groups is 3. The summed E-state index contributed by atoms with van der Waals surface area (Å²) in [6.07, 6.45) is -10.8. The van der Waals surface area contributed by atoms with Crippen LogP contribution < -0.4 is 5.32 Å². The first kappa shape index (κ1) is 47.8. The molecular weight excluding hydrogens is 833 g/mol. The molecule has 11 atom stereocenters. The number of ketones is 1. The number of hydrogen-bond acceptors (Lipinski definition) is 15. The fourth-order valence-electron chi connectivity index (χ4n) is 10.3. The average Bonchev–Trinajstić information content (AvgIpc) is 3.23. The molecule has 0 spiro atoms. The minimum atomic E-state index is -2.46. The lowest BCUT2D eigenvalue weighted by Gasteiger charge is -2.67. The summed E-state index contributed by atoms with van der Waals surface area (Å²) in [5.74, 6) is -6.91. The van der Waals surface area contributed by atoms with Crippen LogP contribution in [0.5, 0.6) is 0 Å². The standard InChI is InChI=1S/C46H56N4O14/c1-9-33(53)62-30-20-31-45(22-60-31,64-25(5)51)38-40(63-41(57)27-16-13-17-28(19-27)49-50-47)46(59)21-29(24(4)34(43(46,6)7)36(54)39(56)44(30,38)8)61-42(58)37(55)35(26-14-11-10-12-15-26)48-32(52)18-23(2)3/h10-17,19,23,29-31,35-38,40,54-55,59H,9,18,20-22H2,1-8H3,(H,48,52)/t29-,30-,31+,35-,36+,37+,38-,40-,44+,45-,46+/m0/s1. The van der Waals surface area contributed by atoms with Crippen molar-refractivity contribution in [2.45, 2.75) is 135 Å². The van der Waals surface area contributed by atoms with Crippen LogP contribution >= 0.6 is 0 Å². The molecule has 6 rings (SSSR count). The van der Waals surface area contributed by atoms with Gasteiger partial charge in [-0.3, -0.25) is 19.2 Å². The Hall–Kier alpha value is -5.65. The molecule has 3 fully saturated rings. The summed E-state index contributed by atoms with van der Waals surface area (Å²) in [5, 5.41) is 44.2. The van der Waals surface area contributed by atoms with Gasteiger partial charge >= 0.3 is 23.9 Å². The van der Waals surface area contributed by atoms with E-state index >= 15 is 4.79 Å². The Morgan fingerprint density at radius 1 is 1.03 bits per heavy atom.